The number of rotatable bonds is 4. The molecule has 1 nitrogen and oxygen atoms in total. The minimum absolute atomic E-state index is 0.276. The fourth-order valence-electron chi connectivity index (χ4n) is 1.30. The molecule has 1 aliphatic rings. The number of hydrogen-bond acceptors (Lipinski definition) is 3. The maximum atomic E-state index is 5.51. The summed E-state index contributed by atoms with van der Waals surface area (Å²) in [4.78, 5) is 0. The Morgan fingerprint density at radius 1 is 1.62 bits per heavy atom. The molecule has 0 aromatic carbocycles. The highest BCUT2D eigenvalue weighted by atomic mass is 32.2. The summed E-state index contributed by atoms with van der Waals surface area (Å²) in [7, 11) is 0. The van der Waals surface area contributed by atoms with Crippen molar-refractivity contribution in [3.8, 4) is 12.3 Å². The highest BCUT2D eigenvalue weighted by Crippen LogP contribution is 2.26. The number of thioether (sulfide) groups is 2. The molecule has 0 radical (unpaired) electrons. The maximum Gasteiger partial charge on any atom is 0.0815 e. The van der Waals surface area contributed by atoms with Crippen LogP contribution in [0.2, 0.25) is 0 Å². The fourth-order valence-corrected chi connectivity index (χ4v) is 4.09. The summed E-state index contributed by atoms with van der Waals surface area (Å²) in [5.41, 5.74) is 0. The van der Waals surface area contributed by atoms with Gasteiger partial charge in [-0.2, -0.15) is 23.5 Å². The number of nitrogens with one attached hydrogen (secondary N) is 1. The van der Waals surface area contributed by atoms with Gasteiger partial charge in [-0.3, -0.25) is 0 Å². The van der Waals surface area contributed by atoms with E-state index in [2.05, 4.69) is 18.2 Å². The van der Waals surface area contributed by atoms with Crippen LogP contribution in [-0.2, 0) is 0 Å². The lowest BCUT2D eigenvalue weighted by molar-refractivity contribution is 0.598. The molecule has 0 aliphatic carbocycles. The lowest BCUT2D eigenvalue weighted by Crippen LogP contribution is -2.40. The van der Waals surface area contributed by atoms with E-state index in [1.54, 1.807) is 0 Å². The van der Waals surface area contributed by atoms with Crippen molar-refractivity contribution in [3.05, 3.63) is 0 Å². The van der Waals surface area contributed by atoms with Crippen molar-refractivity contribution in [1.82, 2.24) is 5.32 Å². The summed E-state index contributed by atoms with van der Waals surface area (Å²) in [6.45, 7) is 3.21. The van der Waals surface area contributed by atoms with E-state index >= 15 is 0 Å². The van der Waals surface area contributed by atoms with E-state index in [0.29, 0.717) is 5.25 Å². The Hall–Kier alpha value is 0.220. The summed E-state index contributed by atoms with van der Waals surface area (Å²) in [6.07, 6.45) is 6.66. The Balaban J connectivity index is 2.31. The van der Waals surface area contributed by atoms with Gasteiger partial charge in [-0.1, -0.05) is 12.8 Å². The Kier molecular flexibility index (Phi) is 5.77. The summed E-state index contributed by atoms with van der Waals surface area (Å²) in [5, 5.41) is 4.04. The van der Waals surface area contributed by atoms with Crippen molar-refractivity contribution in [2.24, 2.45) is 0 Å². The molecular formula is C10H17NS2. The molecule has 0 amide bonds. The first kappa shape index (κ1) is 11.3. The smallest absolute Gasteiger partial charge is 0.0815 e. The van der Waals surface area contributed by atoms with Crippen molar-refractivity contribution in [3.63, 3.8) is 0 Å². The molecule has 0 bridgehead atoms. The Bertz CT molecular complexity index is 170. The van der Waals surface area contributed by atoms with Gasteiger partial charge in [0.2, 0.25) is 0 Å². The maximum absolute atomic E-state index is 5.51. The predicted octanol–water partition coefficient (Wildman–Crippen LogP) is 1.84. The number of hydrogen-bond donors (Lipinski definition) is 1. The third-order valence-corrected chi connectivity index (χ3v) is 4.87. The summed E-state index contributed by atoms with van der Waals surface area (Å²) < 4.78 is 0. The van der Waals surface area contributed by atoms with E-state index in [0.717, 1.165) is 13.0 Å². The molecule has 2 atom stereocenters. The van der Waals surface area contributed by atoms with Crippen LogP contribution in [0.3, 0.4) is 0 Å². The van der Waals surface area contributed by atoms with Gasteiger partial charge in [0, 0.05) is 22.5 Å². The van der Waals surface area contributed by atoms with E-state index in [1.165, 1.54) is 17.3 Å². The van der Waals surface area contributed by atoms with Gasteiger partial charge in [0.05, 0.1) is 6.04 Å². The van der Waals surface area contributed by atoms with E-state index < -0.39 is 0 Å². The second-order valence-electron chi connectivity index (χ2n) is 3.08. The van der Waals surface area contributed by atoms with E-state index in [-0.39, 0.29) is 6.04 Å². The quantitative estimate of drug-likeness (QED) is 0.719. The lowest BCUT2D eigenvalue weighted by atomic mass is 10.2. The van der Waals surface area contributed by atoms with Gasteiger partial charge in [0.15, 0.2) is 0 Å². The van der Waals surface area contributed by atoms with Gasteiger partial charge >= 0.3 is 0 Å². The molecule has 1 rings (SSSR count). The molecule has 13 heavy (non-hydrogen) atoms. The van der Waals surface area contributed by atoms with Crippen LogP contribution in [0.25, 0.3) is 0 Å². The van der Waals surface area contributed by atoms with E-state index in [1.807, 2.05) is 23.5 Å². The van der Waals surface area contributed by atoms with Crippen LogP contribution in [0.15, 0.2) is 0 Å². The molecule has 2 unspecified atom stereocenters. The molecule has 3 heteroatoms. The molecule has 1 aliphatic heterocycles. The highest BCUT2D eigenvalue weighted by molar-refractivity contribution is 8.06. The van der Waals surface area contributed by atoms with Crippen LogP contribution in [0.5, 0.6) is 0 Å². The molecule has 0 spiro atoms. The Labute approximate surface area is 89.8 Å². The highest BCUT2D eigenvalue weighted by Gasteiger charge is 2.21. The molecule has 1 N–H and O–H groups in total. The van der Waals surface area contributed by atoms with Crippen LogP contribution >= 0.6 is 23.5 Å². The van der Waals surface area contributed by atoms with E-state index in [9.17, 15) is 0 Å². The topological polar surface area (TPSA) is 12.0 Å². The van der Waals surface area contributed by atoms with Crippen molar-refractivity contribution in [2.45, 2.75) is 24.6 Å². The standard InChI is InChI=1S/C10H17NS2/c1-3-5-11-9(4-2)10-8-12-6-7-13-10/h2,9-11H,3,5-8H2,1H3. The third-order valence-electron chi connectivity index (χ3n) is 2.01. The second-order valence-corrected chi connectivity index (χ2v) is 5.58. The average molecular weight is 215 g/mol. The van der Waals surface area contributed by atoms with Gasteiger partial charge in [0.25, 0.3) is 0 Å². The third kappa shape index (κ3) is 3.84. The molecule has 1 saturated heterocycles. The van der Waals surface area contributed by atoms with Crippen molar-refractivity contribution in [2.75, 3.05) is 23.8 Å². The van der Waals surface area contributed by atoms with Crippen LogP contribution in [0.4, 0.5) is 0 Å². The predicted molar refractivity (Wildman–Crippen MR) is 64.5 cm³/mol. The Morgan fingerprint density at radius 3 is 3.00 bits per heavy atom. The lowest BCUT2D eigenvalue weighted by Gasteiger charge is -2.26. The zero-order valence-corrected chi connectivity index (χ0v) is 9.72. The van der Waals surface area contributed by atoms with Gasteiger partial charge in [0.1, 0.15) is 0 Å². The van der Waals surface area contributed by atoms with E-state index in [4.69, 9.17) is 6.42 Å². The largest absolute Gasteiger partial charge is 0.303 e. The van der Waals surface area contributed by atoms with Gasteiger partial charge in [-0.25, -0.2) is 0 Å². The molecule has 74 valence electrons. The summed E-state index contributed by atoms with van der Waals surface area (Å²) in [5.74, 6) is 6.60. The first-order valence-corrected chi connectivity index (χ1v) is 6.97. The zero-order chi connectivity index (χ0) is 9.52. The van der Waals surface area contributed by atoms with Gasteiger partial charge in [-0.15, -0.1) is 6.42 Å². The number of terminal acetylenes is 1. The van der Waals surface area contributed by atoms with Crippen molar-refractivity contribution in [1.29, 1.82) is 0 Å². The first-order chi connectivity index (χ1) is 6.38. The van der Waals surface area contributed by atoms with Crippen LogP contribution < -0.4 is 5.32 Å². The molecule has 1 fully saturated rings. The Morgan fingerprint density at radius 2 is 2.46 bits per heavy atom. The zero-order valence-electron chi connectivity index (χ0n) is 8.08. The summed E-state index contributed by atoms with van der Waals surface area (Å²) >= 11 is 4.04. The SMILES string of the molecule is C#CC(NCCC)C1CSCCS1. The first-order valence-electron chi connectivity index (χ1n) is 4.77. The van der Waals surface area contributed by atoms with Crippen LogP contribution in [-0.4, -0.2) is 35.1 Å². The molecule has 0 aromatic heterocycles. The van der Waals surface area contributed by atoms with Gasteiger partial charge in [-0.05, 0) is 13.0 Å². The fraction of sp³-hybridized carbons (Fsp3) is 0.800. The molecule has 0 saturated carbocycles. The van der Waals surface area contributed by atoms with Gasteiger partial charge < -0.3 is 5.32 Å². The average Bonchev–Trinajstić information content (AvgIpc) is 2.21. The molecular weight excluding hydrogens is 198 g/mol. The molecule has 0 aromatic rings. The van der Waals surface area contributed by atoms with Crippen molar-refractivity contribution >= 4 is 23.5 Å². The van der Waals surface area contributed by atoms with Crippen LogP contribution in [0, 0.1) is 12.3 Å². The second kappa shape index (κ2) is 6.64. The normalized spacial score (nSPS) is 25.1. The monoisotopic (exact) mass is 215 g/mol. The van der Waals surface area contributed by atoms with Crippen molar-refractivity contribution < 1.29 is 0 Å². The van der Waals surface area contributed by atoms with Crippen LogP contribution in [0.1, 0.15) is 13.3 Å². The minimum Gasteiger partial charge on any atom is -0.303 e. The molecule has 1 heterocycles. The summed E-state index contributed by atoms with van der Waals surface area (Å²) in [6, 6.07) is 0.276. The minimum atomic E-state index is 0.276.